The molecule has 0 aromatic rings. The molecule has 0 unspecified atom stereocenters. The lowest BCUT2D eigenvalue weighted by Crippen LogP contribution is -2.11. The van der Waals surface area contributed by atoms with Crippen LogP contribution in [0.15, 0.2) is 0 Å². The first-order valence-electron chi connectivity index (χ1n) is 5.62. The molecule has 4 nitrogen and oxygen atoms in total. The van der Waals surface area contributed by atoms with E-state index in [1.807, 2.05) is 0 Å². The first-order chi connectivity index (χ1) is 7.31. The Hall–Kier alpha value is -0.610. The highest BCUT2D eigenvalue weighted by Crippen LogP contribution is 1.90. The number of rotatable bonds is 10. The number of ether oxygens (including phenoxy) is 3. The second-order valence-electron chi connectivity index (χ2n) is 3.13. The van der Waals surface area contributed by atoms with Gasteiger partial charge in [-0.3, -0.25) is 4.79 Å². The van der Waals surface area contributed by atoms with Crippen molar-refractivity contribution in [3.63, 3.8) is 0 Å². The summed E-state index contributed by atoms with van der Waals surface area (Å²) in [6.45, 7) is 6.69. The lowest BCUT2D eigenvalue weighted by Gasteiger charge is -2.05. The first-order valence-corrected chi connectivity index (χ1v) is 5.62. The van der Waals surface area contributed by atoms with E-state index in [9.17, 15) is 4.79 Å². The predicted octanol–water partition coefficient (Wildman–Crippen LogP) is 1.77. The van der Waals surface area contributed by atoms with Crippen LogP contribution >= 0.6 is 0 Å². The molecule has 0 aliphatic carbocycles. The number of esters is 1. The minimum atomic E-state index is -0.204. The number of hydrogen-bond donors (Lipinski definition) is 0. The molecule has 0 fully saturated rings. The van der Waals surface area contributed by atoms with Crippen LogP contribution in [0.1, 0.15) is 33.1 Å². The highest BCUT2D eigenvalue weighted by molar-refractivity contribution is 5.69. The zero-order valence-electron chi connectivity index (χ0n) is 9.79. The Labute approximate surface area is 91.9 Å². The third-order valence-electron chi connectivity index (χ3n) is 1.77. The molecule has 0 radical (unpaired) electrons. The lowest BCUT2D eigenvalue weighted by molar-refractivity contribution is -0.144. The number of carbonyl (C=O) groups is 1. The summed E-state index contributed by atoms with van der Waals surface area (Å²) in [6.07, 6.45) is 2.55. The highest BCUT2D eigenvalue weighted by atomic mass is 16.5. The van der Waals surface area contributed by atoms with Crippen LogP contribution in [0.25, 0.3) is 0 Å². The Kier molecular flexibility index (Phi) is 11.0. The van der Waals surface area contributed by atoms with E-state index in [2.05, 4.69) is 6.92 Å². The summed E-state index contributed by atoms with van der Waals surface area (Å²) in [5.41, 5.74) is 0. The largest absolute Gasteiger partial charge is 0.466 e. The molecular weight excluding hydrogens is 196 g/mol. The summed E-state index contributed by atoms with van der Waals surface area (Å²) in [5.74, 6) is -0.204. The standard InChI is InChI=1S/C11H22O4/c1-3-5-7-13-9-10-14-8-6-11(12)15-4-2/h3-10H2,1-2H3. The third-order valence-corrected chi connectivity index (χ3v) is 1.77. The number of carbonyl (C=O) groups excluding carboxylic acids is 1. The Morgan fingerprint density at radius 2 is 1.67 bits per heavy atom. The van der Waals surface area contributed by atoms with Gasteiger partial charge in [-0.15, -0.1) is 0 Å². The number of hydrogen-bond acceptors (Lipinski definition) is 4. The molecule has 90 valence electrons. The second kappa shape index (κ2) is 11.5. The van der Waals surface area contributed by atoms with Crippen molar-refractivity contribution in [1.82, 2.24) is 0 Å². The third kappa shape index (κ3) is 11.3. The van der Waals surface area contributed by atoms with Crippen LogP contribution in [0.3, 0.4) is 0 Å². The SMILES string of the molecule is CCCCOCCOCCC(=O)OCC. The molecule has 0 aromatic heterocycles. The lowest BCUT2D eigenvalue weighted by atomic mass is 10.4. The van der Waals surface area contributed by atoms with Crippen molar-refractivity contribution < 1.29 is 19.0 Å². The van der Waals surface area contributed by atoms with Gasteiger partial charge in [-0.05, 0) is 13.3 Å². The highest BCUT2D eigenvalue weighted by Gasteiger charge is 2.00. The molecular formula is C11H22O4. The molecule has 0 spiro atoms. The van der Waals surface area contributed by atoms with E-state index in [1.54, 1.807) is 6.92 Å². The summed E-state index contributed by atoms with van der Waals surface area (Å²) < 4.78 is 15.2. The van der Waals surface area contributed by atoms with Crippen molar-refractivity contribution in [1.29, 1.82) is 0 Å². The summed E-state index contributed by atoms with van der Waals surface area (Å²) in [7, 11) is 0. The van der Waals surface area contributed by atoms with Crippen molar-refractivity contribution >= 4 is 5.97 Å². The van der Waals surface area contributed by atoms with Gasteiger partial charge in [-0.1, -0.05) is 13.3 Å². The summed E-state index contributed by atoms with van der Waals surface area (Å²) >= 11 is 0. The normalized spacial score (nSPS) is 10.3. The zero-order chi connectivity index (χ0) is 11.4. The second-order valence-corrected chi connectivity index (χ2v) is 3.13. The van der Waals surface area contributed by atoms with E-state index < -0.39 is 0 Å². The van der Waals surface area contributed by atoms with Gasteiger partial charge in [0.15, 0.2) is 0 Å². The number of unbranched alkanes of at least 4 members (excludes halogenated alkanes) is 1. The van der Waals surface area contributed by atoms with Gasteiger partial charge < -0.3 is 14.2 Å². The van der Waals surface area contributed by atoms with E-state index in [-0.39, 0.29) is 5.97 Å². The van der Waals surface area contributed by atoms with Gasteiger partial charge in [0.2, 0.25) is 0 Å². The molecule has 0 saturated carbocycles. The predicted molar refractivity (Wildman–Crippen MR) is 57.8 cm³/mol. The van der Waals surface area contributed by atoms with Gasteiger partial charge in [0.1, 0.15) is 0 Å². The topological polar surface area (TPSA) is 44.8 Å². The van der Waals surface area contributed by atoms with Gasteiger partial charge in [0.25, 0.3) is 0 Å². The fraction of sp³-hybridized carbons (Fsp3) is 0.909. The molecule has 0 rings (SSSR count). The van der Waals surface area contributed by atoms with E-state index in [4.69, 9.17) is 14.2 Å². The molecule has 0 aliphatic rings. The van der Waals surface area contributed by atoms with Gasteiger partial charge in [0.05, 0.1) is 32.8 Å². The molecule has 0 aromatic carbocycles. The van der Waals surface area contributed by atoms with E-state index >= 15 is 0 Å². The molecule has 0 bridgehead atoms. The maximum atomic E-state index is 10.9. The van der Waals surface area contributed by atoms with Crippen molar-refractivity contribution in [2.75, 3.05) is 33.0 Å². The fourth-order valence-corrected chi connectivity index (χ4v) is 0.957. The summed E-state index contributed by atoms with van der Waals surface area (Å²) in [6, 6.07) is 0. The summed E-state index contributed by atoms with van der Waals surface area (Å²) in [4.78, 5) is 10.9. The van der Waals surface area contributed by atoms with Crippen molar-refractivity contribution in [2.45, 2.75) is 33.1 Å². The van der Waals surface area contributed by atoms with Crippen molar-refractivity contribution in [3.05, 3.63) is 0 Å². The maximum Gasteiger partial charge on any atom is 0.308 e. The van der Waals surface area contributed by atoms with Gasteiger partial charge in [0, 0.05) is 6.61 Å². The quantitative estimate of drug-likeness (QED) is 0.414. The molecule has 0 aliphatic heterocycles. The monoisotopic (exact) mass is 218 g/mol. The summed E-state index contributed by atoms with van der Waals surface area (Å²) in [5, 5.41) is 0. The maximum absolute atomic E-state index is 10.9. The Balaban J connectivity index is 3.01. The Bertz CT molecular complexity index is 148. The molecule has 0 saturated heterocycles. The van der Waals surface area contributed by atoms with E-state index in [0.29, 0.717) is 32.8 Å². The fourth-order valence-electron chi connectivity index (χ4n) is 0.957. The van der Waals surface area contributed by atoms with Crippen LogP contribution in [-0.4, -0.2) is 39.0 Å². The van der Waals surface area contributed by atoms with E-state index in [1.165, 1.54) is 0 Å². The molecule has 15 heavy (non-hydrogen) atoms. The molecule has 0 N–H and O–H groups in total. The Morgan fingerprint density at radius 3 is 2.27 bits per heavy atom. The van der Waals surface area contributed by atoms with Gasteiger partial charge in [-0.2, -0.15) is 0 Å². The minimum absolute atomic E-state index is 0.204. The molecule has 0 atom stereocenters. The average molecular weight is 218 g/mol. The van der Waals surface area contributed by atoms with Crippen molar-refractivity contribution in [2.24, 2.45) is 0 Å². The molecule has 0 heterocycles. The zero-order valence-corrected chi connectivity index (χ0v) is 9.79. The molecule has 4 heteroatoms. The van der Waals surface area contributed by atoms with Crippen LogP contribution in [0.2, 0.25) is 0 Å². The van der Waals surface area contributed by atoms with Gasteiger partial charge >= 0.3 is 5.97 Å². The van der Waals surface area contributed by atoms with Crippen LogP contribution in [0.4, 0.5) is 0 Å². The smallest absolute Gasteiger partial charge is 0.308 e. The van der Waals surface area contributed by atoms with E-state index in [0.717, 1.165) is 19.4 Å². The van der Waals surface area contributed by atoms with Crippen LogP contribution in [0.5, 0.6) is 0 Å². The minimum Gasteiger partial charge on any atom is -0.466 e. The van der Waals surface area contributed by atoms with Gasteiger partial charge in [-0.25, -0.2) is 0 Å². The first kappa shape index (κ1) is 14.4. The Morgan fingerprint density at radius 1 is 1.00 bits per heavy atom. The van der Waals surface area contributed by atoms with Crippen molar-refractivity contribution in [3.8, 4) is 0 Å². The molecule has 0 amide bonds. The average Bonchev–Trinajstić information content (AvgIpc) is 2.22. The van der Waals surface area contributed by atoms with Crippen LogP contribution in [0, 0.1) is 0 Å². The van der Waals surface area contributed by atoms with Crippen LogP contribution < -0.4 is 0 Å². The van der Waals surface area contributed by atoms with Crippen LogP contribution in [-0.2, 0) is 19.0 Å².